The van der Waals surface area contributed by atoms with Crippen molar-refractivity contribution in [2.75, 3.05) is 19.0 Å². The second-order valence-electron chi connectivity index (χ2n) is 8.12. The van der Waals surface area contributed by atoms with Gasteiger partial charge in [-0.25, -0.2) is 0 Å². The largest absolute Gasteiger partial charge is 0.378 e. The molecule has 0 radical (unpaired) electrons. The Bertz CT molecular complexity index is 1580. The molecule has 4 aromatic rings. The lowest BCUT2D eigenvalue weighted by Crippen LogP contribution is -2.24. The standard InChI is InChI=1S/C24H17N5O6/c1-26(2)16-9-7-14(8-10-16)11-15-12-19(18-6-4-3-5-17(15)18)22-20(27(30)31)13-21(28(32)33)23-24(22)29(34)35-25-23/h3-13H,1-2H3/b15-11+. The summed E-state index contributed by atoms with van der Waals surface area (Å²) in [5, 5.41) is 39.5. The van der Waals surface area contributed by atoms with Gasteiger partial charge in [0, 0.05) is 25.4 Å². The van der Waals surface area contributed by atoms with Gasteiger partial charge in [-0.1, -0.05) is 36.4 Å². The van der Waals surface area contributed by atoms with Crippen LogP contribution in [-0.4, -0.2) is 29.1 Å². The van der Waals surface area contributed by atoms with E-state index in [4.69, 9.17) is 0 Å². The van der Waals surface area contributed by atoms with Crippen molar-refractivity contribution in [1.82, 2.24) is 5.16 Å². The smallest absolute Gasteiger partial charge is 0.333 e. The maximum Gasteiger partial charge on any atom is 0.333 e. The van der Waals surface area contributed by atoms with Gasteiger partial charge in [-0.3, -0.25) is 24.9 Å². The van der Waals surface area contributed by atoms with Crippen LogP contribution in [-0.2, 0) is 0 Å². The van der Waals surface area contributed by atoms with Gasteiger partial charge in [-0.15, -0.1) is 0 Å². The average Bonchev–Trinajstić information content (AvgIpc) is 3.39. The number of non-ortho nitro benzene ring substituents is 1. The maximum atomic E-state index is 12.5. The number of hydrogen-bond acceptors (Lipinski definition) is 8. The number of anilines is 1. The molecule has 0 N–H and O–H groups in total. The van der Waals surface area contributed by atoms with E-state index in [2.05, 4.69) is 9.79 Å². The lowest BCUT2D eigenvalue weighted by molar-refractivity contribution is -0.782. The number of rotatable bonds is 5. The van der Waals surface area contributed by atoms with Crippen LogP contribution in [0.25, 0.3) is 28.3 Å². The van der Waals surface area contributed by atoms with Crippen molar-refractivity contribution < 1.29 is 19.4 Å². The predicted octanol–water partition coefficient (Wildman–Crippen LogP) is 4.33. The maximum absolute atomic E-state index is 12.5. The molecule has 1 aromatic heterocycles. The number of nitro groups is 2. The van der Waals surface area contributed by atoms with Crippen molar-refractivity contribution in [3.8, 4) is 0 Å². The van der Waals surface area contributed by atoms with E-state index < -0.39 is 21.2 Å². The van der Waals surface area contributed by atoms with Crippen LogP contribution in [0.2, 0.25) is 0 Å². The SMILES string of the molecule is CN(C)c1ccc(/C=C2\C=C(c3c([N+](=O)[O-])cc([N+](=O)[O-])c4no[n+]([O-])c34)c3ccccc32)cc1. The summed E-state index contributed by atoms with van der Waals surface area (Å²) in [6, 6.07) is 15.9. The number of fused-ring (bicyclic) bond motifs is 2. The molecule has 11 nitrogen and oxygen atoms in total. The van der Waals surface area contributed by atoms with Gasteiger partial charge in [0.05, 0.1) is 21.1 Å². The van der Waals surface area contributed by atoms with E-state index in [1.165, 1.54) is 0 Å². The summed E-state index contributed by atoms with van der Waals surface area (Å²) in [5.74, 6) is 0. The third-order valence-electron chi connectivity index (χ3n) is 5.84. The van der Waals surface area contributed by atoms with Crippen molar-refractivity contribution in [2.45, 2.75) is 0 Å². The van der Waals surface area contributed by atoms with Crippen LogP contribution in [0, 0.1) is 25.4 Å². The topological polar surface area (TPSA) is 142 Å². The molecule has 0 fully saturated rings. The number of hydrogen-bond donors (Lipinski definition) is 0. The van der Waals surface area contributed by atoms with Crippen molar-refractivity contribution in [3.05, 3.63) is 108 Å². The molecule has 0 atom stereocenters. The number of benzene rings is 3. The Morgan fingerprint density at radius 2 is 1.63 bits per heavy atom. The van der Waals surface area contributed by atoms with Gasteiger partial charge in [0.25, 0.3) is 5.69 Å². The third-order valence-corrected chi connectivity index (χ3v) is 5.84. The van der Waals surface area contributed by atoms with E-state index in [0.717, 1.165) is 28.5 Å². The summed E-state index contributed by atoms with van der Waals surface area (Å²) in [7, 11) is 3.89. The summed E-state index contributed by atoms with van der Waals surface area (Å²) in [5.41, 5.74) is 2.43. The van der Waals surface area contributed by atoms with Crippen LogP contribution in [0.5, 0.6) is 0 Å². The molecule has 0 aliphatic heterocycles. The van der Waals surface area contributed by atoms with Gasteiger partial charge >= 0.3 is 11.2 Å². The molecule has 5 rings (SSSR count). The molecule has 35 heavy (non-hydrogen) atoms. The highest BCUT2D eigenvalue weighted by Crippen LogP contribution is 2.46. The molecular formula is C24H17N5O6. The first-order chi connectivity index (χ1) is 16.8. The Balaban J connectivity index is 1.77. The summed E-state index contributed by atoms with van der Waals surface area (Å²) >= 11 is 0. The van der Waals surface area contributed by atoms with E-state index in [1.807, 2.05) is 61.5 Å². The summed E-state index contributed by atoms with van der Waals surface area (Å²) in [4.78, 5) is 23.9. The predicted molar refractivity (Wildman–Crippen MR) is 128 cm³/mol. The van der Waals surface area contributed by atoms with Crippen molar-refractivity contribution >= 4 is 45.3 Å². The van der Waals surface area contributed by atoms with Crippen LogP contribution < -0.4 is 9.80 Å². The fourth-order valence-corrected chi connectivity index (χ4v) is 4.22. The van der Waals surface area contributed by atoms with Crippen LogP contribution in [0.4, 0.5) is 17.1 Å². The Labute approximate surface area is 197 Å². The highest BCUT2D eigenvalue weighted by molar-refractivity contribution is 6.10. The van der Waals surface area contributed by atoms with E-state index in [1.54, 1.807) is 18.2 Å². The van der Waals surface area contributed by atoms with Gasteiger partial charge in [0.2, 0.25) is 5.52 Å². The molecule has 0 unspecified atom stereocenters. The fraction of sp³-hybridized carbons (Fsp3) is 0.0833. The highest BCUT2D eigenvalue weighted by atomic mass is 16.8. The first-order valence-corrected chi connectivity index (χ1v) is 10.4. The summed E-state index contributed by atoms with van der Waals surface area (Å²) in [6.07, 6.45) is 3.66. The van der Waals surface area contributed by atoms with Crippen molar-refractivity contribution in [1.29, 1.82) is 0 Å². The summed E-state index contributed by atoms with van der Waals surface area (Å²) < 4.78 is 4.62. The quantitative estimate of drug-likeness (QED) is 0.238. The minimum absolute atomic E-state index is 0.0319. The van der Waals surface area contributed by atoms with Crippen LogP contribution in [0.1, 0.15) is 22.3 Å². The van der Waals surface area contributed by atoms with Crippen LogP contribution in [0.3, 0.4) is 0 Å². The normalized spacial score (nSPS) is 13.7. The average molecular weight is 471 g/mol. The Hall–Kier alpha value is -5.06. The number of allylic oxidation sites excluding steroid dienone is 2. The molecule has 11 heteroatoms. The van der Waals surface area contributed by atoms with Gasteiger partial charge in [-0.2, -0.15) is 0 Å². The molecule has 3 aromatic carbocycles. The molecule has 0 spiro atoms. The fourth-order valence-electron chi connectivity index (χ4n) is 4.22. The Morgan fingerprint density at radius 1 is 0.971 bits per heavy atom. The Morgan fingerprint density at radius 3 is 2.26 bits per heavy atom. The monoisotopic (exact) mass is 471 g/mol. The number of nitro benzene ring substituents is 2. The van der Waals surface area contributed by atoms with Crippen LogP contribution >= 0.6 is 0 Å². The number of nitrogens with zero attached hydrogens (tertiary/aromatic N) is 5. The molecular weight excluding hydrogens is 454 g/mol. The number of aromatic nitrogens is 2. The lowest BCUT2D eigenvalue weighted by atomic mass is 9.96. The first-order valence-electron chi connectivity index (χ1n) is 10.4. The van der Waals surface area contributed by atoms with Gasteiger partial charge in [0.1, 0.15) is 5.56 Å². The van der Waals surface area contributed by atoms with E-state index in [9.17, 15) is 25.4 Å². The highest BCUT2D eigenvalue weighted by Gasteiger charge is 2.37. The molecule has 0 saturated carbocycles. The second-order valence-corrected chi connectivity index (χ2v) is 8.12. The molecule has 1 heterocycles. The summed E-state index contributed by atoms with van der Waals surface area (Å²) in [6.45, 7) is 0. The van der Waals surface area contributed by atoms with Gasteiger partial charge < -0.3 is 10.1 Å². The van der Waals surface area contributed by atoms with Crippen molar-refractivity contribution in [3.63, 3.8) is 0 Å². The van der Waals surface area contributed by atoms with Crippen molar-refractivity contribution in [2.24, 2.45) is 0 Å². The van der Waals surface area contributed by atoms with Gasteiger partial charge in [-0.05, 0) is 51.5 Å². The van der Waals surface area contributed by atoms with Gasteiger partial charge in [0.15, 0.2) is 0 Å². The van der Waals surface area contributed by atoms with E-state index in [0.29, 0.717) is 11.1 Å². The lowest BCUT2D eigenvalue weighted by Gasteiger charge is -2.12. The molecule has 1 aliphatic carbocycles. The first kappa shape index (κ1) is 21.8. The molecule has 0 amide bonds. The minimum atomic E-state index is -0.832. The van der Waals surface area contributed by atoms with E-state index in [-0.39, 0.29) is 21.5 Å². The molecule has 1 aliphatic rings. The second kappa shape index (κ2) is 8.06. The molecule has 174 valence electrons. The minimum Gasteiger partial charge on any atom is -0.378 e. The third kappa shape index (κ3) is 3.55. The van der Waals surface area contributed by atoms with E-state index >= 15 is 0 Å². The molecule has 0 bridgehead atoms. The zero-order valence-corrected chi connectivity index (χ0v) is 18.5. The zero-order valence-electron chi connectivity index (χ0n) is 18.5. The Kier molecular flexibility index (Phi) is 5.01. The zero-order chi connectivity index (χ0) is 24.9. The van der Waals surface area contributed by atoms with Crippen LogP contribution in [0.15, 0.2) is 65.3 Å². The molecule has 0 saturated heterocycles.